The molecule has 5 nitrogen and oxygen atoms in total. The van der Waals surface area contributed by atoms with Crippen molar-refractivity contribution in [3.63, 3.8) is 0 Å². The highest BCUT2D eigenvalue weighted by atomic mass is 16.2. The van der Waals surface area contributed by atoms with Crippen molar-refractivity contribution in [1.29, 1.82) is 0 Å². The molecule has 0 bridgehead atoms. The molecule has 1 heterocycles. The maximum atomic E-state index is 11.9. The Kier molecular flexibility index (Phi) is 5.79. The summed E-state index contributed by atoms with van der Waals surface area (Å²) in [5, 5.41) is 0. The van der Waals surface area contributed by atoms with Crippen LogP contribution < -0.4 is 5.73 Å². The van der Waals surface area contributed by atoms with Crippen LogP contribution in [-0.2, 0) is 9.59 Å². The second kappa shape index (κ2) is 6.89. The van der Waals surface area contributed by atoms with Gasteiger partial charge in [0.05, 0.1) is 6.04 Å². The molecule has 1 unspecified atom stereocenters. The third-order valence-electron chi connectivity index (χ3n) is 3.70. The van der Waals surface area contributed by atoms with Gasteiger partial charge in [-0.25, -0.2) is 0 Å². The number of hydrogen-bond acceptors (Lipinski definition) is 3. The summed E-state index contributed by atoms with van der Waals surface area (Å²) in [7, 11) is 0. The molecule has 2 amide bonds. The predicted molar refractivity (Wildman–Crippen MR) is 75.5 cm³/mol. The van der Waals surface area contributed by atoms with Crippen molar-refractivity contribution in [2.24, 2.45) is 11.7 Å². The van der Waals surface area contributed by atoms with E-state index >= 15 is 0 Å². The van der Waals surface area contributed by atoms with Gasteiger partial charge in [-0.3, -0.25) is 9.59 Å². The molecular weight excluding hydrogens is 242 g/mol. The van der Waals surface area contributed by atoms with Gasteiger partial charge in [-0.15, -0.1) is 0 Å². The number of rotatable bonds is 4. The van der Waals surface area contributed by atoms with Crippen LogP contribution in [0, 0.1) is 5.92 Å². The molecule has 110 valence electrons. The van der Waals surface area contributed by atoms with Gasteiger partial charge in [-0.1, -0.05) is 0 Å². The Morgan fingerprint density at radius 2 is 2.00 bits per heavy atom. The van der Waals surface area contributed by atoms with Gasteiger partial charge in [0, 0.05) is 32.6 Å². The Balaban J connectivity index is 2.59. The quantitative estimate of drug-likeness (QED) is 0.822. The standard InChI is InChI=1S/C14H27N3O2/c1-10(2)17(12(4)18)9-13-6-5-7-16(8-13)14(19)11(3)15/h10-11,13H,5-9,15H2,1-4H3/t11-,13?/m0/s1. The van der Waals surface area contributed by atoms with E-state index < -0.39 is 6.04 Å². The monoisotopic (exact) mass is 269 g/mol. The Bertz CT molecular complexity index is 329. The summed E-state index contributed by atoms with van der Waals surface area (Å²) in [6.45, 7) is 9.62. The Morgan fingerprint density at radius 3 is 2.47 bits per heavy atom. The molecule has 1 fully saturated rings. The summed E-state index contributed by atoms with van der Waals surface area (Å²) in [6, 6.07) is -0.232. The summed E-state index contributed by atoms with van der Waals surface area (Å²) in [4.78, 5) is 27.2. The molecule has 0 saturated carbocycles. The number of carbonyl (C=O) groups excluding carboxylic acids is 2. The average Bonchev–Trinajstić information content (AvgIpc) is 2.34. The molecule has 0 aromatic heterocycles. The van der Waals surface area contributed by atoms with Gasteiger partial charge >= 0.3 is 0 Å². The molecule has 19 heavy (non-hydrogen) atoms. The zero-order valence-electron chi connectivity index (χ0n) is 12.6. The second-order valence-corrected chi connectivity index (χ2v) is 5.85. The zero-order chi connectivity index (χ0) is 14.6. The van der Waals surface area contributed by atoms with Crippen molar-refractivity contribution < 1.29 is 9.59 Å². The van der Waals surface area contributed by atoms with E-state index in [0.29, 0.717) is 5.92 Å². The Labute approximate surface area is 116 Å². The smallest absolute Gasteiger partial charge is 0.239 e. The molecule has 2 atom stereocenters. The van der Waals surface area contributed by atoms with Crippen molar-refractivity contribution in [2.75, 3.05) is 19.6 Å². The van der Waals surface area contributed by atoms with E-state index in [4.69, 9.17) is 5.73 Å². The lowest BCUT2D eigenvalue weighted by Crippen LogP contribution is -2.49. The van der Waals surface area contributed by atoms with Crippen molar-refractivity contribution in [3.05, 3.63) is 0 Å². The first-order chi connectivity index (χ1) is 8.82. The van der Waals surface area contributed by atoms with Gasteiger partial charge in [0.25, 0.3) is 0 Å². The average molecular weight is 269 g/mol. The highest BCUT2D eigenvalue weighted by molar-refractivity contribution is 5.81. The fourth-order valence-corrected chi connectivity index (χ4v) is 2.68. The first-order valence-corrected chi connectivity index (χ1v) is 7.14. The molecule has 0 radical (unpaired) electrons. The largest absolute Gasteiger partial charge is 0.341 e. The molecule has 1 aliphatic heterocycles. The van der Waals surface area contributed by atoms with Gasteiger partial charge in [0.2, 0.25) is 11.8 Å². The minimum absolute atomic E-state index is 0.0172. The van der Waals surface area contributed by atoms with Gasteiger partial charge in [-0.2, -0.15) is 0 Å². The number of likely N-dealkylation sites (tertiary alicyclic amines) is 1. The maximum absolute atomic E-state index is 11.9. The molecule has 0 aromatic carbocycles. The third-order valence-corrected chi connectivity index (χ3v) is 3.70. The van der Waals surface area contributed by atoms with E-state index in [1.165, 1.54) is 0 Å². The number of nitrogens with two attached hydrogens (primary N) is 1. The van der Waals surface area contributed by atoms with E-state index in [0.717, 1.165) is 32.5 Å². The summed E-state index contributed by atoms with van der Waals surface area (Å²) < 4.78 is 0. The van der Waals surface area contributed by atoms with Crippen LogP contribution in [0.4, 0.5) is 0 Å². The maximum Gasteiger partial charge on any atom is 0.239 e. The Morgan fingerprint density at radius 1 is 1.37 bits per heavy atom. The normalized spacial score (nSPS) is 21.4. The molecule has 0 aliphatic carbocycles. The molecule has 0 spiro atoms. The number of hydrogen-bond donors (Lipinski definition) is 1. The van der Waals surface area contributed by atoms with Crippen molar-refractivity contribution >= 4 is 11.8 Å². The molecular formula is C14H27N3O2. The minimum Gasteiger partial charge on any atom is -0.341 e. The highest BCUT2D eigenvalue weighted by Gasteiger charge is 2.27. The minimum atomic E-state index is -0.437. The van der Waals surface area contributed by atoms with Gasteiger partial charge in [0.1, 0.15) is 0 Å². The van der Waals surface area contributed by atoms with Crippen LogP contribution in [0.5, 0.6) is 0 Å². The molecule has 1 rings (SSSR count). The van der Waals surface area contributed by atoms with Crippen LogP contribution >= 0.6 is 0 Å². The molecule has 1 aliphatic rings. The van der Waals surface area contributed by atoms with Crippen molar-refractivity contribution in [3.8, 4) is 0 Å². The highest BCUT2D eigenvalue weighted by Crippen LogP contribution is 2.19. The zero-order valence-corrected chi connectivity index (χ0v) is 12.6. The van der Waals surface area contributed by atoms with Gasteiger partial charge < -0.3 is 15.5 Å². The lowest BCUT2D eigenvalue weighted by Gasteiger charge is -2.37. The van der Waals surface area contributed by atoms with Gasteiger partial charge in [-0.05, 0) is 39.5 Å². The number of nitrogens with zero attached hydrogens (tertiary/aromatic N) is 2. The lowest BCUT2D eigenvalue weighted by molar-refractivity contribution is -0.135. The van der Waals surface area contributed by atoms with E-state index in [2.05, 4.69) is 0 Å². The van der Waals surface area contributed by atoms with Crippen molar-refractivity contribution in [2.45, 2.75) is 52.6 Å². The number of carbonyl (C=O) groups is 2. The van der Waals surface area contributed by atoms with E-state index in [-0.39, 0.29) is 17.9 Å². The van der Waals surface area contributed by atoms with Gasteiger partial charge in [0.15, 0.2) is 0 Å². The summed E-state index contributed by atoms with van der Waals surface area (Å²) in [6.07, 6.45) is 2.06. The summed E-state index contributed by atoms with van der Waals surface area (Å²) in [5.74, 6) is 0.483. The molecule has 5 heteroatoms. The van der Waals surface area contributed by atoms with Crippen LogP contribution in [-0.4, -0.2) is 53.3 Å². The van der Waals surface area contributed by atoms with E-state index in [1.54, 1.807) is 13.8 Å². The molecule has 2 N–H and O–H groups in total. The van der Waals surface area contributed by atoms with Crippen LogP contribution in [0.1, 0.15) is 40.5 Å². The number of piperidine rings is 1. The Hall–Kier alpha value is -1.10. The van der Waals surface area contributed by atoms with E-state index in [9.17, 15) is 9.59 Å². The lowest BCUT2D eigenvalue weighted by atomic mass is 9.96. The summed E-state index contributed by atoms with van der Waals surface area (Å²) >= 11 is 0. The SMILES string of the molecule is CC(=O)N(CC1CCCN(C(=O)[C@H](C)N)C1)C(C)C. The molecule has 1 saturated heterocycles. The number of amides is 2. The van der Waals surface area contributed by atoms with E-state index in [1.807, 2.05) is 23.6 Å². The van der Waals surface area contributed by atoms with Crippen LogP contribution in [0.3, 0.4) is 0 Å². The summed E-state index contributed by atoms with van der Waals surface area (Å²) in [5.41, 5.74) is 5.65. The molecule has 0 aromatic rings. The fourth-order valence-electron chi connectivity index (χ4n) is 2.68. The first-order valence-electron chi connectivity index (χ1n) is 7.14. The second-order valence-electron chi connectivity index (χ2n) is 5.85. The third kappa shape index (κ3) is 4.49. The van der Waals surface area contributed by atoms with Crippen LogP contribution in [0.15, 0.2) is 0 Å². The van der Waals surface area contributed by atoms with Crippen LogP contribution in [0.25, 0.3) is 0 Å². The topological polar surface area (TPSA) is 66.6 Å². The van der Waals surface area contributed by atoms with Crippen molar-refractivity contribution in [1.82, 2.24) is 9.80 Å². The first kappa shape index (κ1) is 16.0. The van der Waals surface area contributed by atoms with Crippen LogP contribution in [0.2, 0.25) is 0 Å². The fraction of sp³-hybridized carbons (Fsp3) is 0.857. The predicted octanol–water partition coefficient (Wildman–Crippen LogP) is 0.829.